The van der Waals surface area contributed by atoms with E-state index in [0.29, 0.717) is 57.4 Å². The molecule has 5 nitrogen and oxygen atoms in total. The molecule has 0 radical (unpaired) electrons. The van der Waals surface area contributed by atoms with Crippen LogP contribution >= 0.6 is 0 Å². The predicted molar refractivity (Wildman–Crippen MR) is 316 cm³/mol. The van der Waals surface area contributed by atoms with Gasteiger partial charge in [-0.15, -0.1) is 0 Å². The number of rotatable bonds is 8. The first-order valence-corrected chi connectivity index (χ1v) is 26.3. The second-order valence-electron chi connectivity index (χ2n) is 23.9. The Balaban J connectivity index is 1.02. The highest BCUT2D eigenvalue weighted by Gasteiger charge is 2.38. The third kappa shape index (κ3) is 8.66. The lowest BCUT2D eigenvalue weighted by atomic mass is 9.63. The zero-order valence-electron chi connectivity index (χ0n) is 51.8. The molecular weight excluding hydrogens is 913 g/mol. The number of hydrogen-bond acceptors (Lipinski definition) is 4. The summed E-state index contributed by atoms with van der Waals surface area (Å²) >= 11 is 0. The monoisotopic (exact) mass is 988 g/mol. The molecule has 0 spiro atoms. The van der Waals surface area contributed by atoms with Crippen LogP contribution in [0.3, 0.4) is 0 Å². The molecule has 10 aromatic rings. The van der Waals surface area contributed by atoms with E-state index in [9.17, 15) is 4.11 Å². The Kier molecular flexibility index (Phi) is 9.67. The fourth-order valence-electron chi connectivity index (χ4n) is 11.2. The second kappa shape index (κ2) is 17.9. The zero-order valence-corrected chi connectivity index (χ0v) is 44.8. The average Bonchev–Trinajstić information content (AvgIpc) is 3.06. The van der Waals surface area contributed by atoms with Crippen molar-refractivity contribution in [1.82, 2.24) is 9.55 Å². The maximum Gasteiger partial charge on any atom is 0.137 e. The van der Waals surface area contributed by atoms with Crippen molar-refractivity contribution in [3.05, 3.63) is 216 Å². The summed E-state index contributed by atoms with van der Waals surface area (Å²) in [6.07, 6.45) is 3.48. The van der Waals surface area contributed by atoms with E-state index in [4.69, 9.17) is 15.2 Å². The molecule has 2 aromatic heterocycles. The number of aromatic nitrogens is 2. The Bertz CT molecular complexity index is 4250. The van der Waals surface area contributed by atoms with Crippen LogP contribution in [0.4, 0.5) is 22.7 Å². The van der Waals surface area contributed by atoms with Crippen LogP contribution < -0.4 is 14.5 Å². The van der Waals surface area contributed by atoms with Gasteiger partial charge < -0.3 is 14.5 Å². The molecule has 3 heterocycles. The molecule has 0 saturated carbocycles. The van der Waals surface area contributed by atoms with Gasteiger partial charge in [-0.2, -0.15) is 0 Å². The van der Waals surface area contributed by atoms with Gasteiger partial charge in [0, 0.05) is 45.9 Å². The Morgan fingerprint density at radius 3 is 1.93 bits per heavy atom. The number of pyridine rings is 1. The van der Waals surface area contributed by atoms with Gasteiger partial charge >= 0.3 is 0 Å². The van der Waals surface area contributed by atoms with Crippen molar-refractivity contribution >= 4 is 44.6 Å². The highest BCUT2D eigenvalue weighted by molar-refractivity contribution is 6.09. The Morgan fingerprint density at radius 2 is 1.17 bits per heavy atom. The third-order valence-corrected chi connectivity index (χ3v) is 15.7. The van der Waals surface area contributed by atoms with Crippen LogP contribution in [0.1, 0.15) is 114 Å². The minimum absolute atomic E-state index is 0.0656. The number of nitrogens with zero attached hydrogens (tertiary/aromatic N) is 4. The van der Waals surface area contributed by atoms with Crippen molar-refractivity contribution in [2.24, 2.45) is 0 Å². The van der Waals surface area contributed by atoms with Crippen molar-refractivity contribution < 1.29 is 14.3 Å². The molecule has 374 valence electrons. The smallest absolute Gasteiger partial charge is 0.137 e. The molecule has 1 aliphatic carbocycles. The van der Waals surface area contributed by atoms with Gasteiger partial charge in [0.15, 0.2) is 0 Å². The van der Waals surface area contributed by atoms with Gasteiger partial charge in [0.05, 0.1) is 37.7 Å². The van der Waals surface area contributed by atoms with Gasteiger partial charge in [-0.3, -0.25) is 4.57 Å². The molecule has 0 bridgehead atoms. The topological polar surface area (TPSA) is 33.5 Å². The Labute approximate surface area is 453 Å². The van der Waals surface area contributed by atoms with Crippen molar-refractivity contribution in [2.75, 3.05) is 16.5 Å². The highest BCUT2D eigenvalue weighted by atomic mass is 16.5. The fraction of sp³-hybridized carbons (Fsp3) is 0.243. The molecule has 2 aliphatic rings. The van der Waals surface area contributed by atoms with Gasteiger partial charge in [-0.1, -0.05) is 172 Å². The summed E-state index contributed by atoms with van der Waals surface area (Å²) in [7, 11) is 0. The molecule has 5 heteroatoms. The van der Waals surface area contributed by atoms with Crippen LogP contribution in [0.5, 0.6) is 11.5 Å². The lowest BCUT2D eigenvalue weighted by Crippen LogP contribution is -2.33. The largest absolute Gasteiger partial charge is 0.457 e. The predicted octanol–water partition coefficient (Wildman–Crippen LogP) is 19.2. The summed E-state index contributed by atoms with van der Waals surface area (Å²) in [4.78, 5) is 9.38. The zero-order chi connectivity index (χ0) is 58.1. The van der Waals surface area contributed by atoms with Crippen LogP contribution in [0.15, 0.2) is 194 Å². The first-order chi connectivity index (χ1) is 38.8. The molecule has 8 aromatic carbocycles. The van der Waals surface area contributed by atoms with Gasteiger partial charge in [0.2, 0.25) is 0 Å². The third-order valence-electron chi connectivity index (χ3n) is 15.7. The van der Waals surface area contributed by atoms with Gasteiger partial charge in [0.1, 0.15) is 24.0 Å². The van der Waals surface area contributed by atoms with Crippen LogP contribution in [-0.2, 0) is 21.7 Å². The van der Waals surface area contributed by atoms with Gasteiger partial charge in [0.25, 0.3) is 0 Å². The van der Waals surface area contributed by atoms with Crippen LogP contribution in [0.25, 0.3) is 61.0 Å². The van der Waals surface area contributed by atoms with Gasteiger partial charge in [-0.05, 0) is 152 Å². The molecule has 1 aliphatic heterocycles. The van der Waals surface area contributed by atoms with Crippen molar-refractivity contribution in [2.45, 2.75) is 104 Å². The normalized spacial score (nSPS) is 16.4. The number of benzene rings is 8. The minimum atomic E-state index is -0.395. The molecule has 12 rings (SSSR count). The molecule has 0 N–H and O–H groups in total. The van der Waals surface area contributed by atoms with E-state index < -0.39 is 5.41 Å². The fourth-order valence-corrected chi connectivity index (χ4v) is 11.2. The lowest BCUT2D eigenvalue weighted by molar-refractivity contribution is 0.332. The second-order valence-corrected chi connectivity index (χ2v) is 23.9. The summed E-state index contributed by atoms with van der Waals surface area (Å²) in [5.74, 6) is 1.61. The van der Waals surface area contributed by atoms with E-state index in [1.54, 1.807) is 6.20 Å². The minimum Gasteiger partial charge on any atom is -0.457 e. The summed E-state index contributed by atoms with van der Waals surface area (Å²) in [5.41, 5.74) is 12.4. The van der Waals surface area contributed by atoms with Gasteiger partial charge in [-0.25, -0.2) is 4.98 Å². The van der Waals surface area contributed by atoms with E-state index in [1.165, 1.54) is 0 Å². The number of fused-ring (bicyclic) bond motifs is 5. The quantitative estimate of drug-likeness (QED) is 0.152. The molecule has 0 unspecified atom stereocenters. The molecule has 75 heavy (non-hydrogen) atoms. The van der Waals surface area contributed by atoms with Crippen LogP contribution in [0.2, 0.25) is 0 Å². The Hall–Kier alpha value is -7.89. The highest BCUT2D eigenvalue weighted by Crippen LogP contribution is 2.54. The number of anilines is 4. The van der Waals surface area contributed by atoms with Crippen molar-refractivity contribution in [3.63, 3.8) is 0 Å². The standard InChI is InChI=1S/C70H68N4O/c1-67(2,3)50-34-37-71-65(42-50)74-61-27-15-14-26-55(61)56-32-31-54(44-64(56)74)75-53-25-19-24-52(43-53)72-45-73(63-29-17-16-28-62(63)72)66-57(48-23-18-22-47(38-48)46-20-12-11-13-21-46)40-51(68(4,5)6)41-58(66)49-30-33-59-60(39-49)70(9,10)36-35-69(59,7)8/h11-34,37-44H,35-36,45H2,1-10H3/i14D,15D,26D,27D,30D,33D,39D. The number of hydrogen-bond donors (Lipinski definition) is 0. The average molecular weight is 988 g/mol. The maximum atomic E-state index is 10.4. The van der Waals surface area contributed by atoms with Crippen molar-refractivity contribution in [3.8, 4) is 50.7 Å². The van der Waals surface area contributed by atoms with Crippen molar-refractivity contribution in [1.29, 1.82) is 0 Å². The number of para-hydroxylation sites is 3. The van der Waals surface area contributed by atoms with Crippen LogP contribution in [-0.4, -0.2) is 16.2 Å². The summed E-state index contributed by atoms with van der Waals surface area (Å²) in [6, 6.07) is 49.1. The molecule has 0 saturated heterocycles. The SMILES string of the molecule is [2H]c1c([2H])c2c(c([2H])c1-c1cc(C(C)(C)C)cc(-c3cccc(-c4ccccc4)c3)c1N1CN(c3cccc(Oc4ccc5c6c([2H])c([2H])c([2H])c([2H])c6n(-c6cc(C(C)(C)C)ccn6)c5c4)c3)c3ccccc31)C(C)(C)CCC2(C)C. The summed E-state index contributed by atoms with van der Waals surface area (Å²) in [5, 5.41) is 1.06. The maximum absolute atomic E-state index is 10.4. The molecule has 0 amide bonds. The van der Waals surface area contributed by atoms with Crippen LogP contribution in [0, 0.1) is 0 Å². The number of ether oxygens (including phenoxy) is 1. The first-order valence-electron chi connectivity index (χ1n) is 29.8. The van der Waals surface area contributed by atoms with E-state index >= 15 is 0 Å². The molecule has 0 fully saturated rings. The van der Waals surface area contributed by atoms with E-state index in [1.807, 2.05) is 65.2 Å². The summed E-state index contributed by atoms with van der Waals surface area (Å²) in [6.45, 7) is 22.1. The first kappa shape index (κ1) is 40.5. The Morgan fingerprint density at radius 1 is 0.520 bits per heavy atom. The van der Waals surface area contributed by atoms with E-state index in [-0.39, 0.29) is 52.5 Å². The van der Waals surface area contributed by atoms with E-state index in [0.717, 1.165) is 85.7 Å². The van der Waals surface area contributed by atoms with E-state index in [2.05, 4.69) is 164 Å². The summed E-state index contributed by atoms with van der Waals surface area (Å²) < 4.78 is 74.6. The molecule has 0 atom stereocenters. The molecular formula is C70H68N4O. The lowest BCUT2D eigenvalue weighted by Gasteiger charge is -2.42.